The third kappa shape index (κ3) is 6.23. The van der Waals surface area contributed by atoms with Crippen LogP contribution in [0.25, 0.3) is 11.1 Å². The van der Waals surface area contributed by atoms with Crippen LogP contribution in [0.3, 0.4) is 0 Å². The quantitative estimate of drug-likeness (QED) is 0.214. The van der Waals surface area contributed by atoms with Gasteiger partial charge in [-0.25, -0.2) is 4.57 Å². The van der Waals surface area contributed by atoms with Gasteiger partial charge in [0, 0.05) is 41.7 Å². The highest BCUT2D eigenvalue weighted by atomic mass is 16.5. The van der Waals surface area contributed by atoms with Crippen LogP contribution in [0.5, 0.6) is 5.75 Å². The van der Waals surface area contributed by atoms with Crippen molar-refractivity contribution >= 4 is 17.3 Å². The first kappa shape index (κ1) is 26.1. The molecule has 0 bridgehead atoms. The maximum absolute atomic E-state index is 12.0. The van der Waals surface area contributed by atoms with E-state index in [9.17, 15) is 9.90 Å². The third-order valence-electron chi connectivity index (χ3n) is 7.50. The molecule has 4 aromatic carbocycles. The summed E-state index contributed by atoms with van der Waals surface area (Å²) >= 11 is 0. The Labute approximate surface area is 240 Å². The molecule has 204 valence electrons. The summed E-state index contributed by atoms with van der Waals surface area (Å²) in [6.45, 7) is 1.58. The molecule has 6 heteroatoms. The first-order chi connectivity index (χ1) is 20.1. The van der Waals surface area contributed by atoms with Crippen molar-refractivity contribution in [3.05, 3.63) is 144 Å². The molecule has 1 N–H and O–H groups in total. The number of carboxylic acids is 1. The highest BCUT2D eigenvalue weighted by molar-refractivity contribution is 5.78. The molecule has 1 aliphatic heterocycles. The number of nitrogens with one attached hydrogen (secondary N) is 1. The summed E-state index contributed by atoms with van der Waals surface area (Å²) in [6, 6.07) is 37.7. The van der Waals surface area contributed by atoms with Crippen LogP contribution in [0.15, 0.2) is 128 Å². The molecular formula is C35H31N3O3. The van der Waals surface area contributed by atoms with Crippen LogP contribution in [0, 0.1) is 0 Å². The van der Waals surface area contributed by atoms with E-state index in [1.165, 1.54) is 16.7 Å². The van der Waals surface area contributed by atoms with Gasteiger partial charge in [0.25, 0.3) is 0 Å². The van der Waals surface area contributed by atoms with Gasteiger partial charge in [-0.2, -0.15) is 0 Å². The number of carboxylic acid groups (broad SMARTS) is 1. The summed E-state index contributed by atoms with van der Waals surface area (Å²) < 4.78 is 8.14. The number of fused-ring (bicyclic) bond motifs is 1. The number of hydrogen-bond acceptors (Lipinski definition) is 5. The minimum Gasteiger partial charge on any atom is -0.548 e. The molecule has 0 radical (unpaired) electrons. The highest BCUT2D eigenvalue weighted by Gasteiger charge is 2.27. The Balaban J connectivity index is 1.04. The summed E-state index contributed by atoms with van der Waals surface area (Å²) in [7, 11) is 0. The predicted molar refractivity (Wildman–Crippen MR) is 158 cm³/mol. The molecule has 2 heterocycles. The fraction of sp³-hybridized carbons (Fsp3) is 0.143. The van der Waals surface area contributed by atoms with Gasteiger partial charge in [-0.1, -0.05) is 72.8 Å². The number of anilines is 2. The fourth-order valence-corrected chi connectivity index (χ4v) is 5.28. The normalized spacial score (nSPS) is 14.2. The number of nitrogens with zero attached hydrogens (tertiary/aromatic N) is 2. The third-order valence-corrected chi connectivity index (χ3v) is 7.50. The maximum atomic E-state index is 12.0. The van der Waals surface area contributed by atoms with E-state index in [1.54, 1.807) is 0 Å². The van der Waals surface area contributed by atoms with Crippen LogP contribution >= 0.6 is 0 Å². The SMILES string of the molecule is O=C([O-])C1Cc2ccccc2CN1c1cccc(OCNc2ccc(C[n+]3ccc(-c4ccccc4)cc3)cc2)c1. The predicted octanol–water partition coefficient (Wildman–Crippen LogP) is 4.82. The van der Waals surface area contributed by atoms with E-state index < -0.39 is 12.0 Å². The summed E-state index contributed by atoms with van der Waals surface area (Å²) in [5, 5.41) is 15.3. The van der Waals surface area contributed by atoms with E-state index in [1.807, 2.05) is 71.6 Å². The van der Waals surface area contributed by atoms with Crippen LogP contribution in [0.2, 0.25) is 0 Å². The Morgan fingerprint density at radius 2 is 1.54 bits per heavy atom. The van der Waals surface area contributed by atoms with Crippen LogP contribution < -0.4 is 24.6 Å². The standard InChI is InChI=1S/C35H31N3O3/c39-35(40)34-21-29-9-4-5-10-30(29)24-38(34)32-11-6-12-33(22-32)41-25-36-31-15-13-26(14-16-31)23-37-19-17-28(18-20-37)27-7-2-1-3-8-27/h1-20,22,34,36H,21,23-25H2. The molecule has 6 nitrogen and oxygen atoms in total. The zero-order chi connectivity index (χ0) is 28.0. The van der Waals surface area contributed by atoms with E-state index in [2.05, 4.69) is 70.8 Å². The van der Waals surface area contributed by atoms with Gasteiger partial charge < -0.3 is 24.9 Å². The molecule has 1 atom stereocenters. The first-order valence-electron chi connectivity index (χ1n) is 13.8. The second-order valence-corrected chi connectivity index (χ2v) is 10.2. The van der Waals surface area contributed by atoms with Crippen LogP contribution in [-0.4, -0.2) is 18.7 Å². The van der Waals surface area contributed by atoms with Gasteiger partial charge in [0.05, 0.1) is 12.0 Å². The Morgan fingerprint density at radius 3 is 2.29 bits per heavy atom. The van der Waals surface area contributed by atoms with Crippen molar-refractivity contribution in [2.75, 3.05) is 16.9 Å². The number of benzene rings is 4. The summed E-state index contributed by atoms with van der Waals surface area (Å²) in [4.78, 5) is 13.8. The summed E-state index contributed by atoms with van der Waals surface area (Å²) in [5.74, 6) is -0.406. The molecule has 0 spiro atoms. The number of ether oxygens (including phenoxy) is 1. The van der Waals surface area contributed by atoms with Crippen molar-refractivity contribution in [1.29, 1.82) is 0 Å². The largest absolute Gasteiger partial charge is 0.548 e. The zero-order valence-corrected chi connectivity index (χ0v) is 22.6. The van der Waals surface area contributed by atoms with Crippen molar-refractivity contribution in [2.24, 2.45) is 0 Å². The summed E-state index contributed by atoms with van der Waals surface area (Å²) in [6.07, 6.45) is 4.63. The minimum atomic E-state index is -1.07. The fourth-order valence-electron chi connectivity index (χ4n) is 5.28. The lowest BCUT2D eigenvalue weighted by atomic mass is 9.93. The molecule has 5 aromatic rings. The van der Waals surface area contributed by atoms with E-state index in [-0.39, 0.29) is 6.73 Å². The smallest absolute Gasteiger partial charge is 0.173 e. The average molecular weight is 542 g/mol. The van der Waals surface area contributed by atoms with E-state index in [0.717, 1.165) is 29.0 Å². The lowest BCUT2D eigenvalue weighted by molar-refractivity contribution is -0.688. The maximum Gasteiger partial charge on any atom is 0.173 e. The van der Waals surface area contributed by atoms with Crippen molar-refractivity contribution in [1.82, 2.24) is 0 Å². The summed E-state index contributed by atoms with van der Waals surface area (Å²) in [5.41, 5.74) is 7.55. The number of pyridine rings is 1. The second kappa shape index (κ2) is 12.0. The van der Waals surface area contributed by atoms with E-state index in [4.69, 9.17) is 4.74 Å². The Morgan fingerprint density at radius 1 is 0.829 bits per heavy atom. The molecule has 1 aromatic heterocycles. The van der Waals surface area contributed by atoms with Gasteiger partial charge >= 0.3 is 0 Å². The topological polar surface area (TPSA) is 68.5 Å². The first-order valence-corrected chi connectivity index (χ1v) is 13.8. The van der Waals surface area contributed by atoms with Crippen molar-refractivity contribution in [2.45, 2.75) is 25.6 Å². The monoisotopic (exact) mass is 541 g/mol. The second-order valence-electron chi connectivity index (χ2n) is 10.2. The van der Waals surface area contributed by atoms with Gasteiger partial charge in [-0.3, -0.25) is 0 Å². The average Bonchev–Trinajstić information content (AvgIpc) is 3.02. The van der Waals surface area contributed by atoms with E-state index >= 15 is 0 Å². The van der Waals surface area contributed by atoms with Gasteiger partial charge in [0.15, 0.2) is 25.7 Å². The van der Waals surface area contributed by atoms with Gasteiger partial charge in [-0.15, -0.1) is 0 Å². The van der Waals surface area contributed by atoms with Crippen LogP contribution in [-0.2, 0) is 24.3 Å². The van der Waals surface area contributed by atoms with Crippen molar-refractivity contribution in [3.8, 4) is 16.9 Å². The molecule has 0 fully saturated rings. The lowest BCUT2D eigenvalue weighted by Gasteiger charge is -2.39. The molecule has 1 unspecified atom stereocenters. The van der Waals surface area contributed by atoms with Gasteiger partial charge in [0.1, 0.15) is 5.75 Å². The zero-order valence-electron chi connectivity index (χ0n) is 22.6. The molecular weight excluding hydrogens is 510 g/mol. The molecule has 6 rings (SSSR count). The molecule has 0 amide bonds. The minimum absolute atomic E-state index is 0.283. The number of carbonyl (C=O) groups excluding carboxylic acids is 1. The number of hydrogen-bond donors (Lipinski definition) is 1. The number of rotatable bonds is 9. The Bertz CT molecular complexity index is 1620. The van der Waals surface area contributed by atoms with Crippen LogP contribution in [0.4, 0.5) is 11.4 Å². The number of aliphatic carboxylic acids is 1. The lowest BCUT2D eigenvalue weighted by Crippen LogP contribution is -2.51. The Kier molecular flexibility index (Phi) is 7.63. The van der Waals surface area contributed by atoms with Crippen molar-refractivity contribution in [3.63, 3.8) is 0 Å². The number of aromatic nitrogens is 1. The number of carbonyl (C=O) groups is 1. The molecule has 0 saturated carbocycles. The molecule has 1 aliphatic rings. The highest BCUT2D eigenvalue weighted by Crippen LogP contribution is 2.30. The van der Waals surface area contributed by atoms with Crippen molar-refractivity contribution < 1.29 is 19.2 Å². The molecule has 0 saturated heterocycles. The Hall–Kier alpha value is -5.10. The molecule has 0 aliphatic carbocycles. The van der Waals surface area contributed by atoms with Crippen LogP contribution in [0.1, 0.15) is 16.7 Å². The molecule has 41 heavy (non-hydrogen) atoms. The van der Waals surface area contributed by atoms with Gasteiger partial charge in [-0.05, 0) is 52.9 Å². The van der Waals surface area contributed by atoms with Gasteiger partial charge in [0.2, 0.25) is 0 Å². The van der Waals surface area contributed by atoms with E-state index in [0.29, 0.717) is 18.7 Å².